The lowest BCUT2D eigenvalue weighted by atomic mass is 10.1. The van der Waals surface area contributed by atoms with E-state index in [1.807, 2.05) is 32.4 Å². The maximum absolute atomic E-state index is 13.0. The Morgan fingerprint density at radius 2 is 2.00 bits per heavy atom. The summed E-state index contributed by atoms with van der Waals surface area (Å²) in [5.74, 6) is 0.997. The van der Waals surface area contributed by atoms with Crippen molar-refractivity contribution in [1.29, 1.82) is 0 Å². The van der Waals surface area contributed by atoms with Crippen molar-refractivity contribution in [3.63, 3.8) is 0 Å². The van der Waals surface area contributed by atoms with E-state index in [1.54, 1.807) is 57.5 Å². The number of hydrogen-bond acceptors (Lipinski definition) is 8. The Balaban J connectivity index is 0.000000858. The number of aliphatic hydroxyl groups excluding tert-OH is 2. The van der Waals surface area contributed by atoms with E-state index in [1.165, 1.54) is 4.90 Å². The van der Waals surface area contributed by atoms with Crippen LogP contribution in [0.1, 0.15) is 57.4 Å². The van der Waals surface area contributed by atoms with Crippen LogP contribution in [0.25, 0.3) is 22.1 Å². The molecule has 0 radical (unpaired) electrons. The number of carbonyl (C=O) groups is 1. The second-order valence-corrected chi connectivity index (χ2v) is 8.80. The maximum Gasteiger partial charge on any atom is 0.414 e. The summed E-state index contributed by atoms with van der Waals surface area (Å²) in [6, 6.07) is 6.87. The fourth-order valence-electron chi connectivity index (χ4n) is 3.91. The van der Waals surface area contributed by atoms with Crippen molar-refractivity contribution in [2.45, 2.75) is 47.1 Å². The maximum atomic E-state index is 13.0. The molecule has 11 heteroatoms. The van der Waals surface area contributed by atoms with Gasteiger partial charge in [-0.25, -0.2) is 14.8 Å². The molecule has 0 bridgehead atoms. The van der Waals surface area contributed by atoms with Gasteiger partial charge in [-0.3, -0.25) is 4.90 Å². The van der Waals surface area contributed by atoms with E-state index in [2.05, 4.69) is 9.97 Å². The standard InChI is InChI=1S/C24H27ClN4O5.C3H6O.C2H6/c1-5-33-24(31)29(9-6-10-32-4)20-17-12-16(25)7-8-19(17)34-22(20)21(30)15-11-18-23(26-13-15)28(3)14(2)27-18;1-2-3-4;1-2/h7-8,11-13,21,30H,5-6,9-10H2,1-4H3;2-4H,1H3;1-2H3/b;3-2+;. The van der Waals surface area contributed by atoms with Crippen LogP contribution in [0.4, 0.5) is 10.5 Å². The fourth-order valence-corrected chi connectivity index (χ4v) is 4.08. The summed E-state index contributed by atoms with van der Waals surface area (Å²) in [7, 11) is 3.48. The van der Waals surface area contributed by atoms with Gasteiger partial charge in [0, 0.05) is 49.5 Å². The van der Waals surface area contributed by atoms with Crippen molar-refractivity contribution < 1.29 is 28.9 Å². The number of anilines is 1. The highest BCUT2D eigenvalue weighted by atomic mass is 35.5. The van der Waals surface area contributed by atoms with Crippen molar-refractivity contribution in [1.82, 2.24) is 14.5 Å². The lowest BCUT2D eigenvalue weighted by Gasteiger charge is -2.23. The highest BCUT2D eigenvalue weighted by Gasteiger charge is 2.30. The molecule has 1 amide bonds. The average molecular weight is 575 g/mol. The Kier molecular flexibility index (Phi) is 12.9. The molecule has 0 aliphatic rings. The lowest BCUT2D eigenvalue weighted by molar-refractivity contribution is 0.156. The van der Waals surface area contributed by atoms with Crippen molar-refractivity contribution in [2.24, 2.45) is 7.05 Å². The van der Waals surface area contributed by atoms with Crippen molar-refractivity contribution in [3.8, 4) is 0 Å². The first-order chi connectivity index (χ1) is 19.3. The van der Waals surface area contributed by atoms with Gasteiger partial charge in [-0.15, -0.1) is 0 Å². The van der Waals surface area contributed by atoms with Crippen LogP contribution in [0.15, 0.2) is 47.2 Å². The molecule has 4 rings (SSSR count). The van der Waals surface area contributed by atoms with E-state index in [0.29, 0.717) is 58.0 Å². The van der Waals surface area contributed by atoms with Gasteiger partial charge in [-0.05, 0) is 51.5 Å². The topological polar surface area (TPSA) is 123 Å². The summed E-state index contributed by atoms with van der Waals surface area (Å²) in [5.41, 5.74) is 2.73. The van der Waals surface area contributed by atoms with Crippen LogP contribution in [-0.4, -0.2) is 57.7 Å². The number of halogens is 1. The van der Waals surface area contributed by atoms with Crippen LogP contribution in [0.5, 0.6) is 0 Å². The minimum absolute atomic E-state index is 0.191. The van der Waals surface area contributed by atoms with Gasteiger partial charge >= 0.3 is 6.09 Å². The molecule has 1 atom stereocenters. The van der Waals surface area contributed by atoms with Crippen LogP contribution in [-0.2, 0) is 16.5 Å². The number of fused-ring (bicyclic) bond motifs is 2. The number of ether oxygens (including phenoxy) is 2. The SMILES string of the molecule is C/C=C/O.CC.CCOC(=O)N(CCCOC)c1c(C(O)c2cnc3c(c2)nc(C)n3C)oc2ccc(Cl)cc12. The molecule has 10 nitrogen and oxygen atoms in total. The van der Waals surface area contributed by atoms with Crippen LogP contribution >= 0.6 is 11.6 Å². The number of aryl methyl sites for hydroxylation is 2. The highest BCUT2D eigenvalue weighted by molar-refractivity contribution is 6.31. The van der Waals surface area contributed by atoms with E-state index in [-0.39, 0.29) is 12.4 Å². The molecule has 0 fully saturated rings. The minimum atomic E-state index is -1.21. The first-order valence-electron chi connectivity index (χ1n) is 13.1. The molecule has 1 aromatic carbocycles. The number of aromatic nitrogens is 3. The van der Waals surface area contributed by atoms with Crippen molar-refractivity contribution in [2.75, 3.05) is 31.8 Å². The third kappa shape index (κ3) is 7.53. The van der Waals surface area contributed by atoms with Gasteiger partial charge in [0.15, 0.2) is 11.4 Å². The number of carbonyl (C=O) groups excluding carboxylic acids is 1. The summed E-state index contributed by atoms with van der Waals surface area (Å²) >= 11 is 6.27. The Morgan fingerprint density at radius 3 is 2.62 bits per heavy atom. The van der Waals surface area contributed by atoms with Gasteiger partial charge in [-0.1, -0.05) is 31.5 Å². The van der Waals surface area contributed by atoms with Crippen LogP contribution in [0.3, 0.4) is 0 Å². The van der Waals surface area contributed by atoms with Crippen molar-refractivity contribution >= 4 is 45.5 Å². The number of furan rings is 1. The zero-order valence-corrected chi connectivity index (χ0v) is 24.9. The van der Waals surface area contributed by atoms with E-state index in [9.17, 15) is 9.90 Å². The Bertz CT molecular complexity index is 1410. The number of benzene rings is 1. The number of nitrogens with zero attached hydrogens (tertiary/aromatic N) is 4. The molecule has 0 spiro atoms. The number of rotatable bonds is 8. The summed E-state index contributed by atoms with van der Waals surface area (Å²) in [6.07, 6.45) is 2.93. The predicted molar refractivity (Wildman–Crippen MR) is 158 cm³/mol. The van der Waals surface area contributed by atoms with Crippen molar-refractivity contribution in [3.05, 3.63) is 65.0 Å². The molecule has 3 aromatic heterocycles. The van der Waals surface area contributed by atoms with E-state index in [0.717, 1.165) is 12.1 Å². The molecule has 0 aliphatic carbocycles. The number of methoxy groups -OCH3 is 1. The number of amides is 1. The first kappa shape index (κ1) is 32.6. The lowest BCUT2D eigenvalue weighted by Crippen LogP contribution is -2.34. The summed E-state index contributed by atoms with van der Waals surface area (Å²) < 4.78 is 18.4. The molecule has 3 heterocycles. The normalized spacial score (nSPS) is 11.6. The Labute approximate surface area is 239 Å². The Hall–Kier alpha value is -3.60. The van der Waals surface area contributed by atoms with E-state index in [4.69, 9.17) is 30.6 Å². The molecular weight excluding hydrogens is 536 g/mol. The van der Waals surface area contributed by atoms with E-state index < -0.39 is 12.2 Å². The molecule has 218 valence electrons. The third-order valence-corrected chi connectivity index (χ3v) is 6.04. The average Bonchev–Trinajstić information content (AvgIpc) is 3.47. The first-order valence-corrected chi connectivity index (χ1v) is 13.5. The second kappa shape index (κ2) is 15.9. The summed E-state index contributed by atoms with van der Waals surface area (Å²) in [5, 5.41) is 20.2. The number of imidazole rings is 1. The molecule has 4 aromatic rings. The van der Waals surface area contributed by atoms with Crippen LogP contribution < -0.4 is 4.90 Å². The van der Waals surface area contributed by atoms with Crippen LogP contribution in [0.2, 0.25) is 5.02 Å². The zero-order valence-electron chi connectivity index (χ0n) is 24.1. The zero-order chi connectivity index (χ0) is 29.8. The largest absolute Gasteiger partial charge is 0.516 e. The number of pyridine rings is 1. The summed E-state index contributed by atoms with van der Waals surface area (Å²) in [6.45, 7) is 10.3. The smallest absolute Gasteiger partial charge is 0.414 e. The molecule has 2 N–H and O–H groups in total. The quantitative estimate of drug-likeness (QED) is 0.173. The molecule has 0 saturated heterocycles. The minimum Gasteiger partial charge on any atom is -0.516 e. The van der Waals surface area contributed by atoms with Gasteiger partial charge < -0.3 is 28.7 Å². The number of hydrogen-bond donors (Lipinski definition) is 2. The fraction of sp³-hybridized carbons (Fsp3) is 0.414. The monoisotopic (exact) mass is 574 g/mol. The second-order valence-electron chi connectivity index (χ2n) is 8.37. The highest BCUT2D eigenvalue weighted by Crippen LogP contribution is 2.41. The Morgan fingerprint density at radius 1 is 1.30 bits per heavy atom. The van der Waals surface area contributed by atoms with Gasteiger partial charge in [0.05, 0.1) is 18.6 Å². The predicted octanol–water partition coefficient (Wildman–Crippen LogP) is 6.86. The van der Waals surface area contributed by atoms with Gasteiger partial charge in [0.2, 0.25) is 0 Å². The van der Waals surface area contributed by atoms with Gasteiger partial charge in [-0.2, -0.15) is 0 Å². The van der Waals surface area contributed by atoms with Gasteiger partial charge in [0.25, 0.3) is 0 Å². The molecule has 0 saturated carbocycles. The number of allylic oxidation sites excluding steroid dienone is 1. The molecule has 1 unspecified atom stereocenters. The van der Waals surface area contributed by atoms with Crippen LogP contribution in [0, 0.1) is 6.92 Å². The third-order valence-electron chi connectivity index (χ3n) is 5.81. The molecule has 40 heavy (non-hydrogen) atoms. The molecule has 0 aliphatic heterocycles. The van der Waals surface area contributed by atoms with Gasteiger partial charge in [0.1, 0.15) is 23.0 Å². The molecular formula is C29H39ClN4O6. The number of aliphatic hydroxyl groups is 2. The summed E-state index contributed by atoms with van der Waals surface area (Å²) in [4.78, 5) is 23.4. The van der Waals surface area contributed by atoms with E-state index >= 15 is 0 Å².